The van der Waals surface area contributed by atoms with E-state index in [0.29, 0.717) is 40.9 Å². The molecule has 0 bridgehead atoms. The molecule has 10 nitrogen and oxygen atoms in total. The van der Waals surface area contributed by atoms with Crippen molar-refractivity contribution >= 4 is 47.2 Å². The van der Waals surface area contributed by atoms with Gasteiger partial charge in [0.2, 0.25) is 11.8 Å². The minimum absolute atomic E-state index is 0.0452. The predicted octanol–water partition coefficient (Wildman–Crippen LogP) is 0.876. The smallest absolute Gasteiger partial charge is 0.352 e. The summed E-state index contributed by atoms with van der Waals surface area (Å²) in [5, 5.41) is 12.5. The second-order valence-electron chi connectivity index (χ2n) is 8.57. The largest absolute Gasteiger partial charge is 0.477 e. The fourth-order valence-corrected chi connectivity index (χ4v) is 6.18. The van der Waals surface area contributed by atoms with Crippen LogP contribution in [-0.4, -0.2) is 84.6 Å². The number of aromatic nitrogens is 2. The van der Waals surface area contributed by atoms with Gasteiger partial charge in [0.1, 0.15) is 17.1 Å². The van der Waals surface area contributed by atoms with E-state index in [4.69, 9.17) is 0 Å². The summed E-state index contributed by atoms with van der Waals surface area (Å²) in [6.07, 6.45) is 7.69. The van der Waals surface area contributed by atoms with E-state index in [0.717, 1.165) is 31.1 Å². The molecule has 12 heteroatoms. The Balaban J connectivity index is 1.25. The normalized spacial score (nSPS) is 25.5. The number of carbonyl (C=O) groups is 4. The monoisotopic (exact) mass is 501 g/mol. The van der Waals surface area contributed by atoms with Crippen LogP contribution in [0.1, 0.15) is 19.3 Å². The molecule has 3 amide bonds. The first-order valence-corrected chi connectivity index (χ1v) is 13.1. The van der Waals surface area contributed by atoms with Crippen LogP contribution in [0.4, 0.5) is 0 Å². The van der Waals surface area contributed by atoms with Gasteiger partial charge < -0.3 is 15.3 Å². The highest BCUT2D eigenvalue weighted by Crippen LogP contribution is 2.41. The van der Waals surface area contributed by atoms with Crippen molar-refractivity contribution in [3.05, 3.63) is 41.4 Å². The van der Waals surface area contributed by atoms with Crippen molar-refractivity contribution in [2.75, 3.05) is 24.6 Å². The van der Waals surface area contributed by atoms with E-state index in [1.807, 2.05) is 4.90 Å². The summed E-state index contributed by atoms with van der Waals surface area (Å²) in [5.41, 5.74) is 0.943. The van der Waals surface area contributed by atoms with Crippen molar-refractivity contribution in [1.29, 1.82) is 0 Å². The van der Waals surface area contributed by atoms with E-state index in [9.17, 15) is 24.3 Å². The van der Waals surface area contributed by atoms with Crippen LogP contribution in [-0.2, 0) is 19.2 Å². The molecular formula is C22H23N5O5S2. The average Bonchev–Trinajstić information content (AvgIpc) is 3.60. The zero-order chi connectivity index (χ0) is 23.8. The number of hydrogen-bond acceptors (Lipinski definition) is 8. The zero-order valence-corrected chi connectivity index (χ0v) is 19.8. The summed E-state index contributed by atoms with van der Waals surface area (Å²) in [6, 6.07) is 0.886. The first-order valence-electron chi connectivity index (χ1n) is 11.0. The van der Waals surface area contributed by atoms with E-state index in [-0.39, 0.29) is 23.3 Å². The number of carboxylic acid groups (broad SMARTS) is 1. The molecule has 4 aliphatic rings. The molecule has 2 N–H and O–H groups in total. The molecule has 2 atom stereocenters. The SMILES string of the molecule is O=C(CSc1ncccn1)N[C@@H]1C(=O)N2C(C(=O)O)=C(C=C3CCN(CC4CC4)C3=O)CS[C@H]12. The van der Waals surface area contributed by atoms with Gasteiger partial charge in [0.05, 0.1) is 5.75 Å². The topological polar surface area (TPSA) is 133 Å². The fraction of sp³-hybridized carbons (Fsp3) is 0.455. The number of β-lactam (4-membered cyclic amide) rings is 1. The number of amides is 3. The molecule has 0 radical (unpaired) electrons. The summed E-state index contributed by atoms with van der Waals surface area (Å²) in [7, 11) is 0. The Bertz CT molecular complexity index is 1100. The van der Waals surface area contributed by atoms with Gasteiger partial charge in [-0.05, 0) is 42.9 Å². The standard InChI is InChI=1S/C22H23N5O5S2/c28-15(11-34-22-23-5-1-6-24-22)25-16-19(30)27-17(21(31)32)14(10-33-20(16)27)8-13-4-7-26(18(13)29)9-12-2-3-12/h1,5-6,8,12,16,20H,2-4,7,9-11H2,(H,25,28)(H,31,32)/t16-,20-/m1/s1. The Labute approximate surface area is 204 Å². The van der Waals surface area contributed by atoms with Crippen LogP contribution in [0.5, 0.6) is 0 Å². The number of carboxylic acids is 1. The van der Waals surface area contributed by atoms with Crippen molar-refractivity contribution in [1.82, 2.24) is 25.1 Å². The lowest BCUT2D eigenvalue weighted by molar-refractivity contribution is -0.150. The number of aliphatic carboxylic acids is 1. The fourth-order valence-electron chi connectivity index (χ4n) is 4.26. The molecule has 3 aliphatic heterocycles. The number of allylic oxidation sites excluding steroid dienone is 1. The minimum atomic E-state index is -1.22. The van der Waals surface area contributed by atoms with Crippen molar-refractivity contribution in [3.8, 4) is 0 Å². The number of hydrogen-bond donors (Lipinski definition) is 2. The maximum Gasteiger partial charge on any atom is 0.352 e. The Morgan fingerprint density at radius 2 is 2.03 bits per heavy atom. The number of rotatable bonds is 8. The van der Waals surface area contributed by atoms with Crippen molar-refractivity contribution in [2.45, 2.75) is 35.8 Å². The molecule has 4 heterocycles. The number of thioether (sulfide) groups is 2. The summed E-state index contributed by atoms with van der Waals surface area (Å²) in [5.74, 6) is -1.10. The van der Waals surface area contributed by atoms with Gasteiger partial charge in [0, 0.05) is 36.8 Å². The molecule has 1 aliphatic carbocycles. The molecule has 5 rings (SSSR count). The van der Waals surface area contributed by atoms with Gasteiger partial charge in [-0.2, -0.15) is 0 Å². The van der Waals surface area contributed by atoms with E-state index in [1.165, 1.54) is 16.7 Å². The molecule has 2 saturated heterocycles. The number of nitrogens with one attached hydrogen (secondary N) is 1. The number of carbonyl (C=O) groups excluding carboxylic acids is 3. The van der Waals surface area contributed by atoms with Crippen LogP contribution >= 0.6 is 23.5 Å². The van der Waals surface area contributed by atoms with E-state index >= 15 is 0 Å². The molecule has 1 saturated carbocycles. The van der Waals surface area contributed by atoms with Gasteiger partial charge >= 0.3 is 5.97 Å². The van der Waals surface area contributed by atoms with Gasteiger partial charge in [-0.25, -0.2) is 14.8 Å². The minimum Gasteiger partial charge on any atom is -0.477 e. The van der Waals surface area contributed by atoms with Crippen molar-refractivity contribution < 1.29 is 24.3 Å². The average molecular weight is 502 g/mol. The third-order valence-corrected chi connectivity index (χ3v) is 8.31. The summed E-state index contributed by atoms with van der Waals surface area (Å²) >= 11 is 2.54. The highest BCUT2D eigenvalue weighted by molar-refractivity contribution is 8.00. The first kappa shape index (κ1) is 22.9. The molecule has 178 valence electrons. The summed E-state index contributed by atoms with van der Waals surface area (Å²) < 4.78 is 0. The van der Waals surface area contributed by atoms with Gasteiger partial charge in [-0.15, -0.1) is 11.8 Å². The second kappa shape index (κ2) is 9.41. The van der Waals surface area contributed by atoms with Gasteiger partial charge in [0.25, 0.3) is 5.91 Å². The molecule has 0 unspecified atom stereocenters. The zero-order valence-electron chi connectivity index (χ0n) is 18.2. The lowest BCUT2D eigenvalue weighted by Gasteiger charge is -2.49. The van der Waals surface area contributed by atoms with Gasteiger partial charge in [0.15, 0.2) is 5.16 Å². The lowest BCUT2D eigenvalue weighted by Crippen LogP contribution is -2.70. The highest BCUT2D eigenvalue weighted by Gasteiger charge is 2.54. The van der Waals surface area contributed by atoms with Crippen LogP contribution < -0.4 is 5.32 Å². The summed E-state index contributed by atoms with van der Waals surface area (Å²) in [4.78, 5) is 61.1. The molecule has 1 aromatic rings. The predicted molar refractivity (Wildman–Crippen MR) is 124 cm³/mol. The van der Waals surface area contributed by atoms with E-state index in [2.05, 4.69) is 15.3 Å². The second-order valence-corrected chi connectivity index (χ2v) is 10.6. The summed E-state index contributed by atoms with van der Waals surface area (Å²) in [6.45, 7) is 1.41. The molecule has 1 aromatic heterocycles. The Morgan fingerprint density at radius 3 is 2.74 bits per heavy atom. The first-order chi connectivity index (χ1) is 16.4. The maximum atomic E-state index is 12.8. The van der Waals surface area contributed by atoms with E-state index < -0.39 is 23.3 Å². The molecule has 0 aromatic carbocycles. The molecular weight excluding hydrogens is 478 g/mol. The van der Waals surface area contributed by atoms with Crippen LogP contribution in [0.2, 0.25) is 0 Å². The molecule has 0 spiro atoms. The molecule has 3 fully saturated rings. The number of nitrogens with zero attached hydrogens (tertiary/aromatic N) is 4. The Hall–Kier alpha value is -2.86. The number of fused-ring (bicyclic) bond motifs is 1. The third-order valence-electron chi connectivity index (χ3n) is 6.13. The van der Waals surface area contributed by atoms with Crippen molar-refractivity contribution in [3.63, 3.8) is 0 Å². The van der Waals surface area contributed by atoms with Gasteiger partial charge in [-0.1, -0.05) is 11.8 Å². The third kappa shape index (κ3) is 4.56. The highest BCUT2D eigenvalue weighted by atomic mass is 32.2. The van der Waals surface area contributed by atoms with Crippen LogP contribution in [0.15, 0.2) is 46.5 Å². The maximum absolute atomic E-state index is 12.8. The lowest BCUT2D eigenvalue weighted by atomic mass is 10.0. The Kier molecular flexibility index (Phi) is 6.34. The van der Waals surface area contributed by atoms with E-state index in [1.54, 1.807) is 24.5 Å². The molecule has 34 heavy (non-hydrogen) atoms. The number of likely N-dealkylation sites (tertiary alicyclic amines) is 1. The van der Waals surface area contributed by atoms with Gasteiger partial charge in [-0.3, -0.25) is 19.3 Å². The quantitative estimate of drug-likeness (QED) is 0.230. The van der Waals surface area contributed by atoms with Crippen LogP contribution in [0, 0.1) is 5.92 Å². The van der Waals surface area contributed by atoms with Crippen LogP contribution in [0.25, 0.3) is 0 Å². The van der Waals surface area contributed by atoms with Crippen molar-refractivity contribution in [2.24, 2.45) is 5.92 Å². The van der Waals surface area contributed by atoms with Crippen LogP contribution in [0.3, 0.4) is 0 Å². The Morgan fingerprint density at radius 1 is 1.26 bits per heavy atom.